The minimum atomic E-state index is -0.310. The summed E-state index contributed by atoms with van der Waals surface area (Å²) >= 11 is 0. The zero-order valence-electron chi connectivity index (χ0n) is 7.51. The summed E-state index contributed by atoms with van der Waals surface area (Å²) < 4.78 is 0. The normalized spacial score (nSPS) is 9.31. The van der Waals surface area contributed by atoms with Gasteiger partial charge < -0.3 is 0 Å². The van der Waals surface area contributed by atoms with E-state index >= 15 is 0 Å². The van der Waals surface area contributed by atoms with Crippen LogP contribution in [0.2, 0.25) is 0 Å². The summed E-state index contributed by atoms with van der Waals surface area (Å²) in [6, 6.07) is 0. The lowest BCUT2D eigenvalue weighted by Crippen LogP contribution is -2.20. The van der Waals surface area contributed by atoms with E-state index in [1.54, 1.807) is 6.19 Å². The van der Waals surface area contributed by atoms with Gasteiger partial charge in [0.15, 0.2) is 6.19 Å². The van der Waals surface area contributed by atoms with Gasteiger partial charge in [-0.15, -0.1) is 0 Å². The van der Waals surface area contributed by atoms with E-state index in [9.17, 15) is 4.79 Å². The van der Waals surface area contributed by atoms with Crippen molar-refractivity contribution in [2.75, 3.05) is 0 Å². The Hall–Kier alpha value is -1.83. The number of carbonyl (C=O) groups excluding carboxylic acids is 1. The average molecular weight is 178 g/mol. The number of nitrogens with zero attached hydrogens (tertiary/aromatic N) is 2. The van der Waals surface area contributed by atoms with Crippen molar-refractivity contribution in [2.45, 2.75) is 20.3 Å². The van der Waals surface area contributed by atoms with E-state index in [1.807, 2.05) is 13.8 Å². The van der Waals surface area contributed by atoms with Gasteiger partial charge >= 0.3 is 0 Å². The largest absolute Gasteiger partial charge is 0.282 e. The van der Waals surface area contributed by atoms with Gasteiger partial charge in [-0.1, -0.05) is 0 Å². The van der Waals surface area contributed by atoms with Gasteiger partial charge in [0.05, 0.1) is 12.1 Å². The van der Waals surface area contributed by atoms with E-state index in [1.165, 1.54) is 0 Å². The van der Waals surface area contributed by atoms with Gasteiger partial charge in [0, 0.05) is 11.3 Å². The van der Waals surface area contributed by atoms with E-state index in [2.05, 4.69) is 15.5 Å². The molecule has 0 saturated heterocycles. The highest BCUT2D eigenvalue weighted by atomic mass is 16.1. The van der Waals surface area contributed by atoms with Gasteiger partial charge in [0.2, 0.25) is 5.91 Å². The van der Waals surface area contributed by atoms with Crippen LogP contribution in [-0.2, 0) is 11.2 Å². The fourth-order valence-corrected chi connectivity index (χ4v) is 1.10. The number of nitriles is 1. The molecule has 1 heterocycles. The first kappa shape index (κ1) is 9.26. The third kappa shape index (κ3) is 2.06. The molecule has 0 aliphatic heterocycles. The Kier molecular flexibility index (Phi) is 2.65. The van der Waals surface area contributed by atoms with Crippen LogP contribution in [0.3, 0.4) is 0 Å². The van der Waals surface area contributed by atoms with Crippen LogP contribution in [0.15, 0.2) is 0 Å². The number of hydrogen-bond donors (Lipinski definition) is 2. The van der Waals surface area contributed by atoms with Gasteiger partial charge in [-0.3, -0.25) is 15.2 Å². The molecular weight excluding hydrogens is 168 g/mol. The molecule has 0 aromatic carbocycles. The van der Waals surface area contributed by atoms with Crippen LogP contribution in [0, 0.1) is 25.3 Å². The van der Waals surface area contributed by atoms with Crippen LogP contribution in [0.25, 0.3) is 0 Å². The molecule has 1 aromatic heterocycles. The van der Waals surface area contributed by atoms with E-state index in [4.69, 9.17) is 5.26 Å². The van der Waals surface area contributed by atoms with Crippen molar-refractivity contribution in [1.29, 1.82) is 5.26 Å². The van der Waals surface area contributed by atoms with Crippen LogP contribution in [0.5, 0.6) is 0 Å². The minimum absolute atomic E-state index is 0.196. The van der Waals surface area contributed by atoms with Gasteiger partial charge in [-0.05, 0) is 13.8 Å². The quantitative estimate of drug-likeness (QED) is 0.500. The molecule has 0 bridgehead atoms. The number of carbonyl (C=O) groups is 1. The zero-order valence-corrected chi connectivity index (χ0v) is 7.51. The molecular formula is C8H10N4O. The van der Waals surface area contributed by atoms with Crippen molar-refractivity contribution in [3.8, 4) is 6.19 Å². The first-order valence-corrected chi connectivity index (χ1v) is 3.83. The average Bonchev–Trinajstić information content (AvgIpc) is 2.36. The summed E-state index contributed by atoms with van der Waals surface area (Å²) in [4.78, 5) is 11.0. The molecule has 5 nitrogen and oxygen atoms in total. The molecule has 0 aliphatic carbocycles. The second kappa shape index (κ2) is 3.72. The van der Waals surface area contributed by atoms with Crippen molar-refractivity contribution < 1.29 is 4.79 Å². The van der Waals surface area contributed by atoms with Crippen molar-refractivity contribution in [2.24, 2.45) is 0 Å². The lowest BCUT2D eigenvalue weighted by atomic mass is 10.1. The Balaban J connectivity index is 2.75. The fraction of sp³-hybridized carbons (Fsp3) is 0.375. The molecule has 2 N–H and O–H groups in total. The maximum Gasteiger partial charge on any atom is 0.237 e. The number of nitrogens with one attached hydrogen (secondary N) is 2. The SMILES string of the molecule is Cc1n[nH]c(C)c1CC(=O)NC#N. The summed E-state index contributed by atoms with van der Waals surface area (Å²) in [5.74, 6) is -0.310. The van der Waals surface area contributed by atoms with Crippen LogP contribution < -0.4 is 5.32 Å². The number of aromatic nitrogens is 2. The van der Waals surface area contributed by atoms with E-state index < -0.39 is 0 Å². The second-order valence-corrected chi connectivity index (χ2v) is 2.75. The molecule has 1 rings (SSSR count). The lowest BCUT2D eigenvalue weighted by Gasteiger charge is -1.97. The Labute approximate surface area is 75.8 Å². The van der Waals surface area contributed by atoms with E-state index in [0.717, 1.165) is 17.0 Å². The van der Waals surface area contributed by atoms with Gasteiger partial charge in [0.25, 0.3) is 0 Å². The highest BCUT2D eigenvalue weighted by molar-refractivity contribution is 5.80. The topological polar surface area (TPSA) is 81.6 Å². The van der Waals surface area contributed by atoms with Crippen LogP contribution in [0.4, 0.5) is 0 Å². The predicted octanol–water partition coefficient (Wildman–Crippen LogP) is 0.166. The van der Waals surface area contributed by atoms with Crippen molar-refractivity contribution in [3.63, 3.8) is 0 Å². The van der Waals surface area contributed by atoms with E-state index in [0.29, 0.717) is 0 Å². The molecule has 0 atom stereocenters. The molecule has 5 heteroatoms. The molecule has 0 unspecified atom stereocenters. The number of amides is 1. The zero-order chi connectivity index (χ0) is 9.84. The van der Waals surface area contributed by atoms with Crippen molar-refractivity contribution in [1.82, 2.24) is 15.5 Å². The molecule has 68 valence electrons. The maximum absolute atomic E-state index is 11.0. The number of rotatable bonds is 2. The Bertz CT molecular complexity index is 341. The van der Waals surface area contributed by atoms with Gasteiger partial charge in [-0.25, -0.2) is 0 Å². The third-order valence-electron chi connectivity index (χ3n) is 1.81. The summed E-state index contributed by atoms with van der Waals surface area (Å²) in [6.45, 7) is 3.66. The highest BCUT2D eigenvalue weighted by Gasteiger charge is 2.10. The van der Waals surface area contributed by atoms with Crippen molar-refractivity contribution >= 4 is 5.91 Å². The maximum atomic E-state index is 11.0. The third-order valence-corrected chi connectivity index (χ3v) is 1.81. The van der Waals surface area contributed by atoms with Crippen LogP contribution in [0.1, 0.15) is 17.0 Å². The van der Waals surface area contributed by atoms with Crippen LogP contribution in [-0.4, -0.2) is 16.1 Å². The first-order valence-electron chi connectivity index (χ1n) is 3.83. The molecule has 0 radical (unpaired) electrons. The number of hydrogen-bond acceptors (Lipinski definition) is 3. The molecule has 1 aromatic rings. The molecule has 1 amide bonds. The summed E-state index contributed by atoms with van der Waals surface area (Å²) in [7, 11) is 0. The lowest BCUT2D eigenvalue weighted by molar-refractivity contribution is -0.119. The summed E-state index contributed by atoms with van der Waals surface area (Å²) in [5.41, 5.74) is 2.52. The summed E-state index contributed by atoms with van der Waals surface area (Å²) in [5, 5.41) is 17.0. The minimum Gasteiger partial charge on any atom is -0.282 e. The Morgan fingerprint density at radius 3 is 2.85 bits per heavy atom. The summed E-state index contributed by atoms with van der Waals surface area (Å²) in [6.07, 6.45) is 1.78. The Morgan fingerprint density at radius 2 is 2.38 bits per heavy atom. The van der Waals surface area contributed by atoms with Crippen LogP contribution >= 0.6 is 0 Å². The fourth-order valence-electron chi connectivity index (χ4n) is 1.10. The standard InChI is InChI=1S/C8H10N4O/c1-5-7(6(2)12-11-5)3-8(13)10-4-9/h3H2,1-2H3,(H,10,13)(H,11,12). The molecule has 0 fully saturated rings. The first-order chi connectivity index (χ1) is 6.15. The monoisotopic (exact) mass is 178 g/mol. The smallest absolute Gasteiger partial charge is 0.237 e. The van der Waals surface area contributed by atoms with Gasteiger partial charge in [-0.2, -0.15) is 10.4 Å². The second-order valence-electron chi connectivity index (χ2n) is 2.75. The molecule has 13 heavy (non-hydrogen) atoms. The number of aryl methyl sites for hydroxylation is 2. The number of aromatic amines is 1. The van der Waals surface area contributed by atoms with Crippen molar-refractivity contribution in [3.05, 3.63) is 17.0 Å². The predicted molar refractivity (Wildman–Crippen MR) is 45.5 cm³/mol. The highest BCUT2D eigenvalue weighted by Crippen LogP contribution is 2.09. The molecule has 0 spiro atoms. The van der Waals surface area contributed by atoms with E-state index in [-0.39, 0.29) is 12.3 Å². The molecule has 0 saturated carbocycles. The molecule has 0 aliphatic rings. The van der Waals surface area contributed by atoms with Gasteiger partial charge in [0.1, 0.15) is 0 Å². The Morgan fingerprint density at radius 1 is 1.69 bits per heavy atom. The number of H-pyrrole nitrogens is 1.